The number of rotatable bonds is 1. The van der Waals surface area contributed by atoms with E-state index in [0.717, 1.165) is 5.39 Å². The Morgan fingerprint density at radius 3 is 2.62 bits per heavy atom. The average molecular weight is 240 g/mol. The van der Waals surface area contributed by atoms with Gasteiger partial charge in [-0.3, -0.25) is 0 Å². The number of hydrogen-bond acceptors (Lipinski definition) is 1. The zero-order valence-corrected chi connectivity index (χ0v) is 9.36. The standard InChI is InChI=1S/C10H11NOSe/c1-7(2)11-10(12)8-5-3-4-6-9(8)13-11/h3-7H,1-2H3. The Labute approximate surface area is 82.8 Å². The summed E-state index contributed by atoms with van der Waals surface area (Å²) in [6.07, 6.45) is 0. The van der Waals surface area contributed by atoms with Crippen molar-refractivity contribution in [3.63, 3.8) is 0 Å². The van der Waals surface area contributed by atoms with Crippen LogP contribution in [0.5, 0.6) is 0 Å². The summed E-state index contributed by atoms with van der Waals surface area (Å²) in [5.74, 6) is 0. The minimum absolute atomic E-state index is 0.196. The molecule has 0 atom stereocenters. The van der Waals surface area contributed by atoms with Crippen LogP contribution < -0.4 is 5.56 Å². The molecule has 2 aromatic rings. The molecular formula is C10H11NOSe. The van der Waals surface area contributed by atoms with E-state index in [1.807, 2.05) is 21.8 Å². The predicted octanol–water partition coefficient (Wildman–Crippen LogP) is 1.64. The van der Waals surface area contributed by atoms with Crippen LogP contribution in [0.2, 0.25) is 0 Å². The molecule has 0 unspecified atom stereocenters. The first-order chi connectivity index (χ1) is 6.20. The van der Waals surface area contributed by atoms with E-state index in [0.29, 0.717) is 6.04 Å². The quantitative estimate of drug-likeness (QED) is 0.694. The third-order valence-electron chi connectivity index (χ3n) is 1.98. The Morgan fingerprint density at radius 2 is 2.00 bits per heavy atom. The molecule has 0 amide bonds. The van der Waals surface area contributed by atoms with Crippen molar-refractivity contribution in [3.8, 4) is 0 Å². The molecule has 0 saturated heterocycles. The summed E-state index contributed by atoms with van der Waals surface area (Å²) >= 11 is 0.196. The van der Waals surface area contributed by atoms with Gasteiger partial charge in [-0.25, -0.2) is 0 Å². The molecule has 0 aliphatic heterocycles. The van der Waals surface area contributed by atoms with Crippen molar-refractivity contribution in [2.75, 3.05) is 0 Å². The molecule has 1 aromatic heterocycles. The normalized spacial score (nSPS) is 11.3. The van der Waals surface area contributed by atoms with Crippen LogP contribution in [0.3, 0.4) is 0 Å². The Kier molecular flexibility index (Phi) is 2.14. The Morgan fingerprint density at radius 1 is 1.31 bits per heavy atom. The Balaban J connectivity index is 2.82. The predicted molar refractivity (Wildman–Crippen MR) is 55.5 cm³/mol. The van der Waals surface area contributed by atoms with Gasteiger partial charge in [0.15, 0.2) is 0 Å². The van der Waals surface area contributed by atoms with Gasteiger partial charge in [0.05, 0.1) is 0 Å². The maximum atomic E-state index is 11.8. The van der Waals surface area contributed by atoms with Gasteiger partial charge in [0.2, 0.25) is 0 Å². The van der Waals surface area contributed by atoms with Crippen LogP contribution >= 0.6 is 0 Å². The van der Waals surface area contributed by atoms with Gasteiger partial charge in [-0.2, -0.15) is 0 Å². The van der Waals surface area contributed by atoms with Gasteiger partial charge in [0, 0.05) is 0 Å². The first-order valence-electron chi connectivity index (χ1n) is 4.30. The van der Waals surface area contributed by atoms with E-state index in [4.69, 9.17) is 0 Å². The van der Waals surface area contributed by atoms with Crippen LogP contribution in [0, 0.1) is 0 Å². The number of fused-ring (bicyclic) bond motifs is 1. The second-order valence-electron chi connectivity index (χ2n) is 3.31. The van der Waals surface area contributed by atoms with E-state index >= 15 is 0 Å². The Hall–Kier alpha value is -0.791. The van der Waals surface area contributed by atoms with E-state index in [2.05, 4.69) is 19.9 Å². The minimum atomic E-state index is 0.196. The Bertz CT molecular complexity index is 481. The second kappa shape index (κ2) is 3.17. The third kappa shape index (κ3) is 1.38. The van der Waals surface area contributed by atoms with Crippen LogP contribution in [0.1, 0.15) is 19.9 Å². The maximum absolute atomic E-state index is 11.8. The van der Waals surface area contributed by atoms with E-state index in [1.54, 1.807) is 0 Å². The monoisotopic (exact) mass is 241 g/mol. The molecule has 2 rings (SSSR count). The topological polar surface area (TPSA) is 22.0 Å². The molecule has 0 bridgehead atoms. The fourth-order valence-corrected chi connectivity index (χ4v) is 3.42. The SMILES string of the molecule is CC(C)n1[se]c2ccccc2c1=O. The van der Waals surface area contributed by atoms with Crippen molar-refractivity contribution < 1.29 is 0 Å². The zero-order chi connectivity index (χ0) is 9.42. The number of benzene rings is 1. The van der Waals surface area contributed by atoms with Crippen LogP contribution in [0.15, 0.2) is 29.1 Å². The van der Waals surface area contributed by atoms with E-state index < -0.39 is 0 Å². The summed E-state index contributed by atoms with van der Waals surface area (Å²) in [5.41, 5.74) is 0.200. The molecule has 0 N–H and O–H groups in total. The molecule has 0 spiro atoms. The molecule has 0 radical (unpaired) electrons. The van der Waals surface area contributed by atoms with Crippen molar-refractivity contribution in [2.45, 2.75) is 19.9 Å². The van der Waals surface area contributed by atoms with Crippen LogP contribution in [0.4, 0.5) is 0 Å². The van der Waals surface area contributed by atoms with E-state index in [9.17, 15) is 4.79 Å². The average Bonchev–Trinajstić information content (AvgIpc) is 2.45. The van der Waals surface area contributed by atoms with E-state index in [1.165, 1.54) is 4.26 Å². The summed E-state index contributed by atoms with van der Waals surface area (Å²) in [6.45, 7) is 4.12. The van der Waals surface area contributed by atoms with Crippen molar-refractivity contribution in [2.24, 2.45) is 0 Å². The molecule has 68 valence electrons. The molecule has 0 fully saturated rings. The van der Waals surface area contributed by atoms with Gasteiger partial charge in [0.25, 0.3) is 0 Å². The van der Waals surface area contributed by atoms with Crippen molar-refractivity contribution in [3.05, 3.63) is 34.6 Å². The van der Waals surface area contributed by atoms with E-state index in [-0.39, 0.29) is 20.3 Å². The number of aromatic nitrogens is 1. The first kappa shape index (κ1) is 8.79. The van der Waals surface area contributed by atoms with Gasteiger partial charge < -0.3 is 0 Å². The summed E-state index contributed by atoms with van der Waals surface area (Å²) in [7, 11) is 0. The van der Waals surface area contributed by atoms with Crippen LogP contribution in [-0.4, -0.2) is 18.3 Å². The molecule has 3 heteroatoms. The second-order valence-corrected chi connectivity index (χ2v) is 5.44. The van der Waals surface area contributed by atoms with Gasteiger partial charge in [-0.05, 0) is 0 Å². The number of hydrogen-bond donors (Lipinski definition) is 0. The molecular weight excluding hydrogens is 229 g/mol. The summed E-state index contributed by atoms with van der Waals surface area (Å²) < 4.78 is 3.17. The van der Waals surface area contributed by atoms with Crippen molar-refractivity contribution in [1.29, 1.82) is 0 Å². The van der Waals surface area contributed by atoms with Crippen molar-refractivity contribution >= 4 is 24.4 Å². The first-order valence-corrected chi connectivity index (χ1v) is 5.93. The molecule has 13 heavy (non-hydrogen) atoms. The van der Waals surface area contributed by atoms with Gasteiger partial charge in [-0.1, -0.05) is 0 Å². The van der Waals surface area contributed by atoms with Crippen LogP contribution in [0.25, 0.3) is 9.65 Å². The molecule has 0 saturated carbocycles. The van der Waals surface area contributed by atoms with Gasteiger partial charge >= 0.3 is 82.5 Å². The molecule has 2 nitrogen and oxygen atoms in total. The fraction of sp³-hybridized carbons (Fsp3) is 0.300. The molecule has 0 aliphatic rings. The third-order valence-corrected chi connectivity index (χ3v) is 4.79. The van der Waals surface area contributed by atoms with Crippen molar-refractivity contribution in [1.82, 2.24) is 3.56 Å². The number of nitrogens with zero attached hydrogens (tertiary/aromatic N) is 1. The van der Waals surface area contributed by atoms with Crippen LogP contribution in [-0.2, 0) is 0 Å². The fourth-order valence-electron chi connectivity index (χ4n) is 1.33. The molecule has 1 heterocycles. The summed E-state index contributed by atoms with van der Waals surface area (Å²) in [6, 6.07) is 8.21. The summed E-state index contributed by atoms with van der Waals surface area (Å²) in [5, 5.41) is 0.899. The zero-order valence-electron chi connectivity index (χ0n) is 7.65. The van der Waals surface area contributed by atoms with Gasteiger partial charge in [0.1, 0.15) is 0 Å². The molecule has 1 aromatic carbocycles. The van der Waals surface area contributed by atoms with Gasteiger partial charge in [-0.15, -0.1) is 0 Å². The summed E-state index contributed by atoms with van der Waals surface area (Å²) in [4.78, 5) is 11.8. The molecule has 0 aliphatic carbocycles.